The Hall–Kier alpha value is -1.28. The fraction of sp³-hybridized carbons (Fsp3) is 0.429. The first kappa shape index (κ1) is 12.8. The van der Waals surface area contributed by atoms with Gasteiger partial charge in [-0.05, 0) is 31.2 Å². The van der Waals surface area contributed by atoms with E-state index in [1.165, 1.54) is 11.1 Å². The number of benzene rings is 1. The lowest BCUT2D eigenvalue weighted by molar-refractivity contribution is 0.304. The molecule has 0 heterocycles. The second-order valence-corrected chi connectivity index (χ2v) is 4.11. The smallest absolute Gasteiger partial charge is 0.119 e. The number of methoxy groups -OCH3 is 1. The summed E-state index contributed by atoms with van der Waals surface area (Å²) in [7, 11) is 1.70. The molecule has 2 heteroatoms. The zero-order chi connectivity index (χ0) is 12.0. The number of nitrogens with zero attached hydrogens (tertiary/aromatic N) is 1. The van der Waals surface area contributed by atoms with Gasteiger partial charge in [0.2, 0.25) is 0 Å². The van der Waals surface area contributed by atoms with Crippen molar-refractivity contribution in [2.75, 3.05) is 20.2 Å². The Morgan fingerprint density at radius 2 is 2.19 bits per heavy atom. The van der Waals surface area contributed by atoms with Gasteiger partial charge in [-0.25, -0.2) is 0 Å². The Morgan fingerprint density at radius 3 is 2.75 bits per heavy atom. The molecule has 1 rings (SSSR count). The first-order chi connectivity index (χ1) is 7.65. The lowest BCUT2D eigenvalue weighted by atomic mass is 10.2. The molecule has 0 aromatic heterocycles. The van der Waals surface area contributed by atoms with Gasteiger partial charge in [0.1, 0.15) is 5.75 Å². The van der Waals surface area contributed by atoms with Gasteiger partial charge >= 0.3 is 0 Å². The van der Waals surface area contributed by atoms with Crippen molar-refractivity contribution in [2.24, 2.45) is 0 Å². The predicted molar refractivity (Wildman–Crippen MR) is 68.8 cm³/mol. The summed E-state index contributed by atoms with van der Waals surface area (Å²) in [5.74, 6) is 0.920. The largest absolute Gasteiger partial charge is 0.497 e. The van der Waals surface area contributed by atoms with E-state index >= 15 is 0 Å². The zero-order valence-electron chi connectivity index (χ0n) is 10.5. The number of hydrogen-bond donors (Lipinski definition) is 0. The molecule has 0 atom stereocenters. The molecule has 0 aliphatic heterocycles. The fourth-order valence-electron chi connectivity index (χ4n) is 1.69. The van der Waals surface area contributed by atoms with Crippen molar-refractivity contribution in [1.82, 2.24) is 4.90 Å². The molecule has 0 spiro atoms. The fourth-order valence-corrected chi connectivity index (χ4v) is 1.69. The van der Waals surface area contributed by atoms with E-state index in [1.54, 1.807) is 7.11 Å². The lowest BCUT2D eigenvalue weighted by Crippen LogP contribution is -2.24. The molecule has 16 heavy (non-hydrogen) atoms. The Kier molecular flexibility index (Phi) is 5.06. The third kappa shape index (κ3) is 4.07. The summed E-state index contributed by atoms with van der Waals surface area (Å²) in [6.45, 7) is 11.1. The van der Waals surface area contributed by atoms with Gasteiger partial charge in [-0.1, -0.05) is 31.2 Å². The molecule has 2 nitrogen and oxygen atoms in total. The summed E-state index contributed by atoms with van der Waals surface area (Å²) in [6.07, 6.45) is 0. The number of hydrogen-bond acceptors (Lipinski definition) is 2. The first-order valence-corrected chi connectivity index (χ1v) is 5.65. The highest BCUT2D eigenvalue weighted by Gasteiger charge is 2.04. The highest BCUT2D eigenvalue weighted by Crippen LogP contribution is 2.14. The highest BCUT2D eigenvalue weighted by molar-refractivity contribution is 5.28. The minimum atomic E-state index is 0.920. The average Bonchev–Trinajstić information content (AvgIpc) is 2.28. The van der Waals surface area contributed by atoms with Gasteiger partial charge in [-0.2, -0.15) is 0 Å². The SMILES string of the molecule is C=C(C)CN(CC)Cc1cccc(OC)c1. The molecule has 88 valence electrons. The molecule has 0 aliphatic rings. The first-order valence-electron chi connectivity index (χ1n) is 5.65. The van der Waals surface area contributed by atoms with Crippen LogP contribution in [0.2, 0.25) is 0 Å². The van der Waals surface area contributed by atoms with E-state index in [-0.39, 0.29) is 0 Å². The van der Waals surface area contributed by atoms with Gasteiger partial charge in [0.15, 0.2) is 0 Å². The maximum absolute atomic E-state index is 5.22. The Bertz CT molecular complexity index is 346. The molecule has 1 aromatic rings. The van der Waals surface area contributed by atoms with Crippen LogP contribution < -0.4 is 4.74 Å². The topological polar surface area (TPSA) is 12.5 Å². The van der Waals surface area contributed by atoms with Crippen LogP contribution >= 0.6 is 0 Å². The van der Waals surface area contributed by atoms with Crippen LogP contribution in [-0.2, 0) is 6.54 Å². The van der Waals surface area contributed by atoms with Crippen molar-refractivity contribution >= 4 is 0 Å². The molecule has 0 radical (unpaired) electrons. The maximum atomic E-state index is 5.22. The van der Waals surface area contributed by atoms with Crippen LogP contribution in [0.3, 0.4) is 0 Å². The van der Waals surface area contributed by atoms with Gasteiger partial charge in [0.25, 0.3) is 0 Å². The minimum absolute atomic E-state index is 0.920. The molecule has 0 fully saturated rings. The van der Waals surface area contributed by atoms with Crippen molar-refractivity contribution in [3.05, 3.63) is 42.0 Å². The van der Waals surface area contributed by atoms with Crippen molar-refractivity contribution < 1.29 is 4.74 Å². The number of rotatable bonds is 6. The summed E-state index contributed by atoms with van der Waals surface area (Å²) in [5.41, 5.74) is 2.48. The average molecular weight is 219 g/mol. The molecule has 0 N–H and O–H groups in total. The van der Waals surface area contributed by atoms with Crippen LogP contribution in [0, 0.1) is 0 Å². The highest BCUT2D eigenvalue weighted by atomic mass is 16.5. The summed E-state index contributed by atoms with van der Waals surface area (Å²) < 4.78 is 5.22. The third-order valence-corrected chi connectivity index (χ3v) is 2.48. The molecule has 0 unspecified atom stereocenters. The van der Waals surface area contributed by atoms with Crippen LogP contribution in [0.1, 0.15) is 19.4 Å². The standard InChI is InChI=1S/C14H21NO/c1-5-15(10-12(2)3)11-13-7-6-8-14(9-13)16-4/h6-9H,2,5,10-11H2,1,3-4H3. The normalized spacial score (nSPS) is 10.5. The van der Waals surface area contributed by atoms with E-state index in [1.807, 2.05) is 12.1 Å². The van der Waals surface area contributed by atoms with E-state index in [2.05, 4.69) is 37.5 Å². The molecular formula is C14H21NO. The van der Waals surface area contributed by atoms with Crippen LogP contribution in [0.25, 0.3) is 0 Å². The summed E-state index contributed by atoms with van der Waals surface area (Å²) in [5, 5.41) is 0. The molecule has 0 saturated heterocycles. The van der Waals surface area contributed by atoms with E-state index < -0.39 is 0 Å². The van der Waals surface area contributed by atoms with Crippen molar-refractivity contribution in [2.45, 2.75) is 20.4 Å². The van der Waals surface area contributed by atoms with Gasteiger partial charge in [0, 0.05) is 13.1 Å². The van der Waals surface area contributed by atoms with Crippen molar-refractivity contribution in [3.63, 3.8) is 0 Å². The van der Waals surface area contributed by atoms with Gasteiger partial charge < -0.3 is 4.74 Å². The predicted octanol–water partition coefficient (Wildman–Crippen LogP) is 3.09. The van der Waals surface area contributed by atoms with Crippen LogP contribution in [0.15, 0.2) is 36.4 Å². The number of ether oxygens (including phenoxy) is 1. The number of likely N-dealkylation sites (N-methyl/N-ethyl adjacent to an activating group) is 1. The Morgan fingerprint density at radius 1 is 1.44 bits per heavy atom. The van der Waals surface area contributed by atoms with E-state index in [0.717, 1.165) is 25.4 Å². The van der Waals surface area contributed by atoms with Crippen LogP contribution in [0.4, 0.5) is 0 Å². The maximum Gasteiger partial charge on any atom is 0.119 e. The zero-order valence-corrected chi connectivity index (χ0v) is 10.5. The molecule has 0 saturated carbocycles. The second-order valence-electron chi connectivity index (χ2n) is 4.11. The second kappa shape index (κ2) is 6.33. The Balaban J connectivity index is 2.65. The van der Waals surface area contributed by atoms with Crippen LogP contribution in [0.5, 0.6) is 5.75 Å². The molecule has 1 aromatic carbocycles. The minimum Gasteiger partial charge on any atom is -0.497 e. The van der Waals surface area contributed by atoms with Gasteiger partial charge in [-0.15, -0.1) is 0 Å². The van der Waals surface area contributed by atoms with Gasteiger partial charge in [-0.3, -0.25) is 4.90 Å². The summed E-state index contributed by atoms with van der Waals surface area (Å²) >= 11 is 0. The quantitative estimate of drug-likeness (QED) is 0.682. The van der Waals surface area contributed by atoms with Crippen LogP contribution in [-0.4, -0.2) is 25.1 Å². The lowest BCUT2D eigenvalue weighted by Gasteiger charge is -2.20. The van der Waals surface area contributed by atoms with E-state index in [0.29, 0.717) is 0 Å². The summed E-state index contributed by atoms with van der Waals surface area (Å²) in [6, 6.07) is 8.21. The molecule has 0 amide bonds. The van der Waals surface area contributed by atoms with Crippen molar-refractivity contribution in [1.29, 1.82) is 0 Å². The monoisotopic (exact) mass is 219 g/mol. The molecular weight excluding hydrogens is 198 g/mol. The summed E-state index contributed by atoms with van der Waals surface area (Å²) in [4.78, 5) is 2.36. The van der Waals surface area contributed by atoms with Crippen molar-refractivity contribution in [3.8, 4) is 5.75 Å². The van der Waals surface area contributed by atoms with Gasteiger partial charge in [0.05, 0.1) is 7.11 Å². The third-order valence-electron chi connectivity index (χ3n) is 2.48. The Labute approximate surface area is 98.5 Å². The van der Waals surface area contributed by atoms with E-state index in [9.17, 15) is 0 Å². The molecule has 0 bridgehead atoms. The van der Waals surface area contributed by atoms with E-state index in [4.69, 9.17) is 4.74 Å². The molecule has 0 aliphatic carbocycles.